The van der Waals surface area contributed by atoms with Gasteiger partial charge in [0.05, 0.1) is 7.11 Å². The molecule has 1 atom stereocenters. The van der Waals surface area contributed by atoms with E-state index in [0.717, 1.165) is 17.7 Å². The molecule has 0 saturated carbocycles. The van der Waals surface area contributed by atoms with E-state index >= 15 is 0 Å². The molecule has 1 aromatic carbocycles. The summed E-state index contributed by atoms with van der Waals surface area (Å²) in [7, 11) is 1.64. The van der Waals surface area contributed by atoms with Crippen molar-refractivity contribution in [3.05, 3.63) is 29.8 Å². The van der Waals surface area contributed by atoms with Crippen LogP contribution in [-0.2, 0) is 11.2 Å². The minimum Gasteiger partial charge on any atom is -0.497 e. The molecule has 0 spiro atoms. The molecule has 1 heterocycles. The summed E-state index contributed by atoms with van der Waals surface area (Å²) in [4.78, 5) is 28.3. The standard InChI is InChI=1S/C20H31N3O3/c1-15(2)16(3)21-20(25)23-13-11-22(12-14-23)19(24)10-7-17-5-8-18(26-4)9-6-17/h5-6,8-9,15-16H,7,10-14H2,1-4H3,(H,21,25). The van der Waals surface area contributed by atoms with Crippen molar-refractivity contribution < 1.29 is 14.3 Å². The van der Waals surface area contributed by atoms with E-state index in [1.807, 2.05) is 36.1 Å². The van der Waals surface area contributed by atoms with Crippen LogP contribution in [0.1, 0.15) is 32.8 Å². The number of amides is 3. The quantitative estimate of drug-likeness (QED) is 0.847. The van der Waals surface area contributed by atoms with E-state index in [4.69, 9.17) is 4.74 Å². The summed E-state index contributed by atoms with van der Waals surface area (Å²) in [5.74, 6) is 1.37. The molecule has 1 saturated heterocycles. The monoisotopic (exact) mass is 361 g/mol. The zero-order valence-corrected chi connectivity index (χ0v) is 16.3. The highest BCUT2D eigenvalue weighted by molar-refractivity contribution is 5.78. The van der Waals surface area contributed by atoms with Crippen LogP contribution in [0, 0.1) is 5.92 Å². The fraction of sp³-hybridized carbons (Fsp3) is 0.600. The van der Waals surface area contributed by atoms with Gasteiger partial charge in [0, 0.05) is 38.6 Å². The minimum absolute atomic E-state index is 0.0310. The zero-order chi connectivity index (χ0) is 19.1. The average Bonchev–Trinajstić information content (AvgIpc) is 2.66. The molecule has 1 N–H and O–H groups in total. The van der Waals surface area contributed by atoms with E-state index in [1.54, 1.807) is 12.0 Å². The lowest BCUT2D eigenvalue weighted by molar-refractivity contribution is -0.132. The fourth-order valence-corrected chi connectivity index (χ4v) is 2.81. The normalized spacial score (nSPS) is 15.7. The first-order valence-electron chi connectivity index (χ1n) is 9.37. The molecule has 3 amide bonds. The topological polar surface area (TPSA) is 61.9 Å². The van der Waals surface area contributed by atoms with Gasteiger partial charge in [0.25, 0.3) is 0 Å². The van der Waals surface area contributed by atoms with E-state index in [-0.39, 0.29) is 18.0 Å². The number of piperazine rings is 1. The van der Waals surface area contributed by atoms with E-state index in [2.05, 4.69) is 19.2 Å². The lowest BCUT2D eigenvalue weighted by atomic mass is 10.1. The number of carbonyl (C=O) groups is 2. The maximum atomic E-state index is 12.4. The second-order valence-corrected chi connectivity index (χ2v) is 7.20. The number of carbonyl (C=O) groups excluding carboxylic acids is 2. The van der Waals surface area contributed by atoms with Gasteiger partial charge in [-0.3, -0.25) is 4.79 Å². The SMILES string of the molecule is COc1ccc(CCC(=O)N2CCN(C(=O)NC(C)C(C)C)CC2)cc1. The number of nitrogens with one attached hydrogen (secondary N) is 1. The predicted octanol–water partition coefficient (Wildman–Crippen LogP) is 2.53. The zero-order valence-electron chi connectivity index (χ0n) is 16.3. The molecule has 0 bridgehead atoms. The summed E-state index contributed by atoms with van der Waals surface area (Å²) in [6.07, 6.45) is 1.21. The number of hydrogen-bond acceptors (Lipinski definition) is 3. The van der Waals surface area contributed by atoms with Gasteiger partial charge in [0.15, 0.2) is 0 Å². The molecular weight excluding hydrogens is 330 g/mol. The van der Waals surface area contributed by atoms with Gasteiger partial charge in [-0.1, -0.05) is 26.0 Å². The van der Waals surface area contributed by atoms with Crippen molar-refractivity contribution in [2.75, 3.05) is 33.3 Å². The Kier molecular flexibility index (Phi) is 7.30. The number of rotatable bonds is 6. The summed E-state index contributed by atoms with van der Waals surface area (Å²) < 4.78 is 5.14. The second kappa shape index (κ2) is 9.46. The number of ether oxygens (including phenoxy) is 1. The van der Waals surface area contributed by atoms with Crippen LogP contribution in [0.15, 0.2) is 24.3 Å². The first-order chi connectivity index (χ1) is 12.4. The molecule has 1 aliphatic heterocycles. The van der Waals surface area contributed by atoms with Crippen molar-refractivity contribution in [1.29, 1.82) is 0 Å². The maximum absolute atomic E-state index is 12.4. The number of hydrogen-bond donors (Lipinski definition) is 1. The van der Waals surface area contributed by atoms with E-state index in [0.29, 0.717) is 38.5 Å². The molecule has 26 heavy (non-hydrogen) atoms. The largest absolute Gasteiger partial charge is 0.497 e. The van der Waals surface area contributed by atoms with Gasteiger partial charge < -0.3 is 19.9 Å². The van der Waals surface area contributed by atoms with Crippen molar-refractivity contribution in [3.63, 3.8) is 0 Å². The Hall–Kier alpha value is -2.24. The van der Waals surface area contributed by atoms with Crippen LogP contribution in [0.5, 0.6) is 5.75 Å². The van der Waals surface area contributed by atoms with E-state index in [1.165, 1.54) is 0 Å². The van der Waals surface area contributed by atoms with Gasteiger partial charge in [-0.15, -0.1) is 0 Å². The highest BCUT2D eigenvalue weighted by Gasteiger charge is 2.24. The number of aryl methyl sites for hydroxylation is 1. The third kappa shape index (κ3) is 5.64. The number of methoxy groups -OCH3 is 1. The molecular formula is C20H31N3O3. The van der Waals surface area contributed by atoms with Crippen molar-refractivity contribution in [1.82, 2.24) is 15.1 Å². The first-order valence-corrected chi connectivity index (χ1v) is 9.37. The second-order valence-electron chi connectivity index (χ2n) is 7.20. The lowest BCUT2D eigenvalue weighted by Crippen LogP contribution is -2.54. The Balaban J connectivity index is 1.74. The summed E-state index contributed by atoms with van der Waals surface area (Å²) in [5, 5.41) is 3.02. The van der Waals surface area contributed by atoms with Crippen molar-refractivity contribution in [2.24, 2.45) is 5.92 Å². The van der Waals surface area contributed by atoms with Crippen LogP contribution in [-0.4, -0.2) is 61.1 Å². The molecule has 1 aliphatic rings. The molecule has 6 nitrogen and oxygen atoms in total. The maximum Gasteiger partial charge on any atom is 0.317 e. The Bertz CT molecular complexity index is 593. The minimum atomic E-state index is -0.0310. The molecule has 6 heteroatoms. The lowest BCUT2D eigenvalue weighted by Gasteiger charge is -2.35. The number of benzene rings is 1. The van der Waals surface area contributed by atoms with Crippen LogP contribution in [0.25, 0.3) is 0 Å². The Morgan fingerprint density at radius 3 is 2.15 bits per heavy atom. The first kappa shape index (κ1) is 20.1. The van der Waals surface area contributed by atoms with Crippen molar-refractivity contribution >= 4 is 11.9 Å². The fourth-order valence-electron chi connectivity index (χ4n) is 2.81. The molecule has 144 valence electrons. The highest BCUT2D eigenvalue weighted by atomic mass is 16.5. The Morgan fingerprint density at radius 1 is 1.04 bits per heavy atom. The molecule has 0 aliphatic carbocycles. The van der Waals surface area contributed by atoms with Crippen molar-refractivity contribution in [3.8, 4) is 5.75 Å². The van der Waals surface area contributed by atoms with Gasteiger partial charge in [0.2, 0.25) is 5.91 Å². The highest BCUT2D eigenvalue weighted by Crippen LogP contribution is 2.14. The van der Waals surface area contributed by atoms with Crippen LogP contribution < -0.4 is 10.1 Å². The van der Waals surface area contributed by atoms with Gasteiger partial charge in [0.1, 0.15) is 5.75 Å². The smallest absolute Gasteiger partial charge is 0.317 e. The van der Waals surface area contributed by atoms with Crippen LogP contribution in [0.2, 0.25) is 0 Å². The summed E-state index contributed by atoms with van der Waals surface area (Å²) in [5.41, 5.74) is 1.12. The third-order valence-electron chi connectivity index (χ3n) is 5.06. The van der Waals surface area contributed by atoms with Gasteiger partial charge >= 0.3 is 6.03 Å². The van der Waals surface area contributed by atoms with Crippen molar-refractivity contribution in [2.45, 2.75) is 39.7 Å². The van der Waals surface area contributed by atoms with Crippen LogP contribution in [0.4, 0.5) is 4.79 Å². The Morgan fingerprint density at radius 2 is 1.62 bits per heavy atom. The van der Waals surface area contributed by atoms with E-state index in [9.17, 15) is 9.59 Å². The molecule has 1 aromatic rings. The van der Waals surface area contributed by atoms with Crippen LogP contribution in [0.3, 0.4) is 0 Å². The molecule has 2 rings (SSSR count). The van der Waals surface area contributed by atoms with Gasteiger partial charge in [-0.25, -0.2) is 4.79 Å². The van der Waals surface area contributed by atoms with Crippen LogP contribution >= 0.6 is 0 Å². The number of nitrogens with zero attached hydrogens (tertiary/aromatic N) is 2. The Labute approximate surface area is 156 Å². The average molecular weight is 361 g/mol. The van der Waals surface area contributed by atoms with E-state index < -0.39 is 0 Å². The molecule has 1 fully saturated rings. The van der Waals surface area contributed by atoms with Gasteiger partial charge in [-0.05, 0) is 37.0 Å². The summed E-state index contributed by atoms with van der Waals surface area (Å²) in [6.45, 7) is 8.57. The summed E-state index contributed by atoms with van der Waals surface area (Å²) in [6, 6.07) is 7.92. The third-order valence-corrected chi connectivity index (χ3v) is 5.06. The molecule has 0 aromatic heterocycles. The van der Waals surface area contributed by atoms with Gasteiger partial charge in [-0.2, -0.15) is 0 Å². The molecule has 0 radical (unpaired) electrons. The number of urea groups is 1. The molecule has 1 unspecified atom stereocenters. The summed E-state index contributed by atoms with van der Waals surface area (Å²) >= 11 is 0. The predicted molar refractivity (Wildman–Crippen MR) is 102 cm³/mol.